The van der Waals surface area contributed by atoms with Crippen molar-refractivity contribution in [1.82, 2.24) is 4.72 Å². The number of para-hydroxylation sites is 2. The Balaban J connectivity index is 1.33. The Hall–Kier alpha value is -4.73. The van der Waals surface area contributed by atoms with Crippen molar-refractivity contribution in [3.8, 4) is 11.5 Å². The normalized spacial score (nSPS) is 11.2. The van der Waals surface area contributed by atoms with Crippen molar-refractivity contribution in [2.75, 3.05) is 23.3 Å². The highest BCUT2D eigenvalue weighted by atomic mass is 32.2. The van der Waals surface area contributed by atoms with Crippen LogP contribution in [0.3, 0.4) is 0 Å². The van der Waals surface area contributed by atoms with Crippen LogP contribution in [-0.4, -0.2) is 27.5 Å². The molecule has 0 aliphatic rings. The number of hydrogen-bond donors (Lipinski definition) is 2. The number of anilines is 2. The molecule has 0 unspecified atom stereocenters. The zero-order valence-corrected chi connectivity index (χ0v) is 22.1. The maximum Gasteiger partial charge on any atom is 0.326 e. The van der Waals surface area contributed by atoms with E-state index in [2.05, 4.69) is 10.0 Å². The third-order valence-electron chi connectivity index (χ3n) is 6.15. The number of nitrogens with zero attached hydrogens (tertiary/aromatic N) is 1. The maximum atomic E-state index is 14.2. The number of carbonyl (C=O) groups excluding carboxylic acids is 1. The Morgan fingerprint density at radius 1 is 0.750 bits per heavy atom. The van der Waals surface area contributed by atoms with Gasteiger partial charge in [-0.2, -0.15) is 0 Å². The molecule has 0 fully saturated rings. The molecule has 0 atom stereocenters. The van der Waals surface area contributed by atoms with Gasteiger partial charge in [-0.15, -0.1) is 0 Å². The fourth-order valence-electron chi connectivity index (χ4n) is 4.12. The summed E-state index contributed by atoms with van der Waals surface area (Å²) in [6.45, 7) is -0.103. The van der Waals surface area contributed by atoms with E-state index in [0.29, 0.717) is 17.2 Å². The van der Waals surface area contributed by atoms with Crippen LogP contribution in [0.25, 0.3) is 10.8 Å². The minimum atomic E-state index is -3.85. The van der Waals surface area contributed by atoms with Gasteiger partial charge >= 0.3 is 6.03 Å². The van der Waals surface area contributed by atoms with Gasteiger partial charge in [-0.05, 0) is 71.4 Å². The first-order valence-electron chi connectivity index (χ1n) is 12.5. The minimum Gasteiger partial charge on any atom is -0.457 e. The fraction of sp³-hybridized carbons (Fsp3) is 0.0645. The van der Waals surface area contributed by atoms with Gasteiger partial charge in [-0.1, -0.05) is 60.7 Å². The lowest BCUT2D eigenvalue weighted by atomic mass is 10.1. The average molecular weight is 556 g/mol. The molecule has 2 N–H and O–H groups in total. The standard InChI is InChI=1S/C31H26FN3O4S/c32-29-12-6-7-13-30(29)34-31(36)35(25-15-17-27(18-16-25)39-26-10-2-1-3-11-26)21-20-33-40(37,38)28-19-14-23-8-4-5-9-24(23)22-28/h1-19,22,33H,20-21H2,(H,34,36). The van der Waals surface area contributed by atoms with E-state index in [9.17, 15) is 17.6 Å². The Morgan fingerprint density at radius 3 is 2.15 bits per heavy atom. The second-order valence-electron chi connectivity index (χ2n) is 8.88. The summed E-state index contributed by atoms with van der Waals surface area (Å²) in [5.74, 6) is 0.633. The molecule has 0 heterocycles. The molecule has 0 aliphatic heterocycles. The van der Waals surface area contributed by atoms with Crippen LogP contribution in [0.15, 0.2) is 126 Å². The molecule has 0 bridgehead atoms. The molecule has 2 amide bonds. The molecule has 0 aromatic heterocycles. The molecule has 40 heavy (non-hydrogen) atoms. The quantitative estimate of drug-likeness (QED) is 0.210. The lowest BCUT2D eigenvalue weighted by Crippen LogP contribution is -2.41. The molecule has 7 nitrogen and oxygen atoms in total. The minimum absolute atomic E-state index is 0.0123. The van der Waals surface area contributed by atoms with E-state index in [1.165, 1.54) is 23.1 Å². The van der Waals surface area contributed by atoms with Gasteiger partial charge < -0.3 is 10.1 Å². The second-order valence-corrected chi connectivity index (χ2v) is 10.6. The molecular weight excluding hydrogens is 529 g/mol. The van der Waals surface area contributed by atoms with Crippen molar-refractivity contribution >= 4 is 38.2 Å². The number of fused-ring (bicyclic) bond motifs is 1. The number of carbonyl (C=O) groups is 1. The molecule has 0 saturated carbocycles. The van der Waals surface area contributed by atoms with Crippen LogP contribution in [0.1, 0.15) is 0 Å². The van der Waals surface area contributed by atoms with Crippen LogP contribution in [-0.2, 0) is 10.0 Å². The maximum absolute atomic E-state index is 14.2. The van der Waals surface area contributed by atoms with Crippen molar-refractivity contribution in [3.63, 3.8) is 0 Å². The lowest BCUT2D eigenvalue weighted by molar-refractivity contribution is 0.257. The van der Waals surface area contributed by atoms with Crippen molar-refractivity contribution in [1.29, 1.82) is 0 Å². The number of nitrogens with one attached hydrogen (secondary N) is 2. The van der Waals surface area contributed by atoms with Gasteiger partial charge in [0.1, 0.15) is 17.3 Å². The molecule has 0 saturated heterocycles. The van der Waals surface area contributed by atoms with Gasteiger partial charge in [0, 0.05) is 18.8 Å². The number of urea groups is 1. The van der Waals surface area contributed by atoms with Gasteiger partial charge in [-0.25, -0.2) is 22.3 Å². The lowest BCUT2D eigenvalue weighted by Gasteiger charge is -2.24. The van der Waals surface area contributed by atoms with Gasteiger partial charge in [0.05, 0.1) is 10.6 Å². The molecule has 0 aliphatic carbocycles. The summed E-state index contributed by atoms with van der Waals surface area (Å²) in [6, 6.07) is 33.6. The molecular formula is C31H26FN3O4S. The SMILES string of the molecule is O=C(Nc1ccccc1F)N(CCNS(=O)(=O)c1ccc2ccccc2c1)c1ccc(Oc2ccccc2)cc1. The number of rotatable bonds is 9. The van der Waals surface area contributed by atoms with Gasteiger partial charge in [0.25, 0.3) is 0 Å². The van der Waals surface area contributed by atoms with Crippen molar-refractivity contribution in [2.45, 2.75) is 4.90 Å². The molecule has 0 spiro atoms. The van der Waals surface area contributed by atoms with Gasteiger partial charge in [0.2, 0.25) is 10.0 Å². The summed E-state index contributed by atoms with van der Waals surface area (Å²) in [5, 5.41) is 4.29. The van der Waals surface area contributed by atoms with Gasteiger partial charge in [0.15, 0.2) is 0 Å². The number of halogens is 1. The van der Waals surface area contributed by atoms with E-state index in [4.69, 9.17) is 4.74 Å². The first kappa shape index (κ1) is 26.9. The molecule has 5 rings (SSSR count). The van der Waals surface area contributed by atoms with Crippen molar-refractivity contribution < 1.29 is 22.3 Å². The number of hydrogen-bond acceptors (Lipinski definition) is 4. The van der Waals surface area contributed by atoms with Crippen LogP contribution >= 0.6 is 0 Å². The molecule has 5 aromatic carbocycles. The third kappa shape index (κ3) is 6.45. The van der Waals surface area contributed by atoms with Crippen LogP contribution in [0.2, 0.25) is 0 Å². The summed E-state index contributed by atoms with van der Waals surface area (Å²) in [5.41, 5.74) is 0.484. The van der Waals surface area contributed by atoms with Crippen molar-refractivity contribution in [3.05, 3.63) is 127 Å². The van der Waals surface area contributed by atoms with E-state index in [1.54, 1.807) is 48.5 Å². The Morgan fingerprint density at radius 2 is 1.40 bits per heavy atom. The number of amides is 2. The monoisotopic (exact) mass is 555 g/mol. The molecule has 202 valence electrons. The molecule has 0 radical (unpaired) electrons. The third-order valence-corrected chi connectivity index (χ3v) is 7.61. The average Bonchev–Trinajstić information content (AvgIpc) is 2.97. The summed E-state index contributed by atoms with van der Waals surface area (Å²) in [4.78, 5) is 14.7. The topological polar surface area (TPSA) is 87.7 Å². The van der Waals surface area contributed by atoms with Crippen molar-refractivity contribution in [2.24, 2.45) is 0 Å². The number of ether oxygens (including phenoxy) is 1. The highest BCUT2D eigenvalue weighted by Crippen LogP contribution is 2.25. The number of sulfonamides is 1. The van der Waals surface area contributed by atoms with Crippen LogP contribution < -0.4 is 19.7 Å². The summed E-state index contributed by atoms with van der Waals surface area (Å²) < 4.78 is 48.7. The zero-order chi connectivity index (χ0) is 28.0. The van der Waals surface area contributed by atoms with Crippen LogP contribution in [0.5, 0.6) is 11.5 Å². The largest absolute Gasteiger partial charge is 0.457 e. The van der Waals surface area contributed by atoms with E-state index >= 15 is 0 Å². The summed E-state index contributed by atoms with van der Waals surface area (Å²) in [7, 11) is -3.85. The highest BCUT2D eigenvalue weighted by Gasteiger charge is 2.20. The van der Waals surface area contributed by atoms with Gasteiger partial charge in [-0.3, -0.25) is 4.90 Å². The second kappa shape index (κ2) is 12.0. The van der Waals surface area contributed by atoms with Crippen LogP contribution in [0, 0.1) is 5.82 Å². The Bertz CT molecular complexity index is 1730. The van der Waals surface area contributed by atoms with E-state index < -0.39 is 21.9 Å². The predicted octanol–water partition coefficient (Wildman–Crippen LogP) is 6.79. The summed E-state index contributed by atoms with van der Waals surface area (Å²) in [6.07, 6.45) is 0. The highest BCUT2D eigenvalue weighted by molar-refractivity contribution is 7.89. The predicted molar refractivity (Wildman–Crippen MR) is 155 cm³/mol. The summed E-state index contributed by atoms with van der Waals surface area (Å²) >= 11 is 0. The smallest absolute Gasteiger partial charge is 0.326 e. The fourth-order valence-corrected chi connectivity index (χ4v) is 5.18. The van der Waals surface area contributed by atoms with Crippen LogP contribution in [0.4, 0.5) is 20.6 Å². The molecule has 5 aromatic rings. The first-order chi connectivity index (χ1) is 19.4. The van der Waals surface area contributed by atoms with E-state index in [0.717, 1.165) is 10.8 Å². The van der Waals surface area contributed by atoms with E-state index in [-0.39, 0.29) is 23.7 Å². The molecule has 9 heteroatoms. The zero-order valence-electron chi connectivity index (χ0n) is 21.3. The first-order valence-corrected chi connectivity index (χ1v) is 14.0. The van der Waals surface area contributed by atoms with E-state index in [1.807, 2.05) is 54.6 Å². The Kier molecular flexibility index (Phi) is 8.04. The number of benzene rings is 5. The Labute approximate surface area is 231 Å².